The molecule has 290 valence electrons. The van der Waals surface area contributed by atoms with Gasteiger partial charge < -0.3 is 36.2 Å². The van der Waals surface area contributed by atoms with Crippen LogP contribution in [0.25, 0.3) is 10.8 Å². The van der Waals surface area contributed by atoms with E-state index in [0.717, 1.165) is 41.2 Å². The van der Waals surface area contributed by atoms with Crippen LogP contribution < -0.4 is 21.3 Å². The number of ether oxygens (including phenoxy) is 1. The predicted octanol–water partition coefficient (Wildman–Crippen LogP) is 5.55. The molecular weight excluding hydrogens is 672 g/mol. The van der Waals surface area contributed by atoms with Crippen molar-refractivity contribution in [3.8, 4) is 0 Å². The lowest BCUT2D eigenvalue weighted by molar-refractivity contribution is -0.131. The van der Waals surface area contributed by atoms with Crippen molar-refractivity contribution in [2.24, 2.45) is 11.8 Å². The first-order chi connectivity index (χ1) is 25.4. The lowest BCUT2D eigenvalue weighted by Gasteiger charge is -2.29. The van der Waals surface area contributed by atoms with E-state index in [2.05, 4.69) is 21.3 Å². The van der Waals surface area contributed by atoms with Crippen LogP contribution in [0.5, 0.6) is 0 Å². The van der Waals surface area contributed by atoms with Gasteiger partial charge in [-0.2, -0.15) is 0 Å². The molecule has 0 aliphatic heterocycles. The number of carbonyl (C=O) groups is 4. The molecule has 0 heterocycles. The van der Waals surface area contributed by atoms with Gasteiger partial charge in [-0.3, -0.25) is 14.4 Å². The Morgan fingerprint density at radius 3 is 2.11 bits per heavy atom. The minimum Gasteiger partial charge on any atom is -0.445 e. The Hall–Kier alpha value is -4.48. The predicted molar refractivity (Wildman–Crippen MR) is 208 cm³/mol. The highest BCUT2D eigenvalue weighted by Gasteiger charge is 2.32. The molecule has 6 N–H and O–H groups in total. The van der Waals surface area contributed by atoms with Crippen molar-refractivity contribution in [3.05, 3.63) is 83.9 Å². The number of rotatable bonds is 22. The summed E-state index contributed by atoms with van der Waals surface area (Å²) in [4.78, 5) is 54.1. The number of aliphatic hydroxyl groups is 2. The first-order valence-electron chi connectivity index (χ1n) is 19.1. The van der Waals surface area contributed by atoms with Crippen molar-refractivity contribution < 1.29 is 34.1 Å². The molecule has 0 unspecified atom stereocenters. The van der Waals surface area contributed by atoms with E-state index in [1.165, 1.54) is 0 Å². The van der Waals surface area contributed by atoms with Crippen LogP contribution in [-0.4, -0.2) is 70.9 Å². The molecular formula is C42H60N4O7. The van der Waals surface area contributed by atoms with Gasteiger partial charge in [-0.25, -0.2) is 4.79 Å². The fraction of sp³-hybridized carbons (Fsp3) is 0.524. The third-order valence-corrected chi connectivity index (χ3v) is 9.64. The van der Waals surface area contributed by atoms with Gasteiger partial charge in [0.1, 0.15) is 18.7 Å². The Labute approximate surface area is 314 Å². The van der Waals surface area contributed by atoms with E-state index >= 15 is 0 Å². The fourth-order valence-electron chi connectivity index (χ4n) is 6.30. The number of aliphatic hydroxyl groups excluding tert-OH is 2. The zero-order valence-corrected chi connectivity index (χ0v) is 32.0. The van der Waals surface area contributed by atoms with Gasteiger partial charge in [0.25, 0.3) is 0 Å². The molecule has 3 aromatic rings. The Morgan fingerprint density at radius 1 is 0.755 bits per heavy atom. The van der Waals surface area contributed by atoms with E-state index in [1.807, 2.05) is 107 Å². The quantitative estimate of drug-likeness (QED) is 0.0738. The van der Waals surface area contributed by atoms with E-state index in [1.54, 1.807) is 0 Å². The second-order valence-electron chi connectivity index (χ2n) is 14.4. The summed E-state index contributed by atoms with van der Waals surface area (Å²) in [5.74, 6) is -1.33. The summed E-state index contributed by atoms with van der Waals surface area (Å²) in [5, 5.41) is 34.3. The highest BCUT2D eigenvalue weighted by atomic mass is 16.5. The molecule has 0 aliphatic carbocycles. The summed E-state index contributed by atoms with van der Waals surface area (Å²) >= 11 is 0. The summed E-state index contributed by atoms with van der Waals surface area (Å²) in [5.41, 5.74) is 1.64. The van der Waals surface area contributed by atoms with E-state index in [0.29, 0.717) is 19.3 Å². The number of hydrogen-bond acceptors (Lipinski definition) is 7. The van der Waals surface area contributed by atoms with Crippen molar-refractivity contribution >= 4 is 34.6 Å². The number of hydrogen-bond donors (Lipinski definition) is 6. The van der Waals surface area contributed by atoms with Crippen molar-refractivity contribution in [2.75, 3.05) is 6.61 Å². The number of unbranched alkanes of at least 4 members (excludes halogenated alkanes) is 2. The van der Waals surface area contributed by atoms with Crippen LogP contribution in [0.1, 0.15) is 90.7 Å². The fourth-order valence-corrected chi connectivity index (χ4v) is 6.30. The summed E-state index contributed by atoms with van der Waals surface area (Å²) in [7, 11) is 0. The van der Waals surface area contributed by atoms with E-state index in [9.17, 15) is 29.4 Å². The monoisotopic (exact) mass is 732 g/mol. The maximum absolute atomic E-state index is 14.1. The number of fused-ring (bicyclic) bond motifs is 1. The molecule has 53 heavy (non-hydrogen) atoms. The smallest absolute Gasteiger partial charge is 0.408 e. The molecule has 0 saturated heterocycles. The van der Waals surface area contributed by atoms with Gasteiger partial charge in [0.15, 0.2) is 0 Å². The zero-order chi connectivity index (χ0) is 38.8. The van der Waals surface area contributed by atoms with E-state index < -0.39 is 54.1 Å². The van der Waals surface area contributed by atoms with Gasteiger partial charge in [0.2, 0.25) is 17.7 Å². The Kier molecular flexibility index (Phi) is 18.3. The molecule has 0 radical (unpaired) electrons. The third kappa shape index (κ3) is 14.5. The lowest BCUT2D eigenvalue weighted by Crippen LogP contribution is -2.57. The molecule has 3 rings (SSSR count). The third-order valence-electron chi connectivity index (χ3n) is 9.64. The second-order valence-corrected chi connectivity index (χ2v) is 14.4. The van der Waals surface area contributed by atoms with Crippen molar-refractivity contribution in [1.29, 1.82) is 0 Å². The molecule has 0 saturated carbocycles. The lowest BCUT2D eigenvalue weighted by atomic mass is 9.95. The van der Waals surface area contributed by atoms with Crippen LogP contribution in [-0.2, 0) is 32.1 Å². The average Bonchev–Trinajstić information content (AvgIpc) is 3.15. The minimum absolute atomic E-state index is 0.0210. The van der Waals surface area contributed by atoms with Crippen molar-refractivity contribution in [3.63, 3.8) is 0 Å². The van der Waals surface area contributed by atoms with Crippen molar-refractivity contribution in [1.82, 2.24) is 21.3 Å². The van der Waals surface area contributed by atoms with Gasteiger partial charge >= 0.3 is 6.09 Å². The Balaban J connectivity index is 1.82. The van der Waals surface area contributed by atoms with E-state index in [4.69, 9.17) is 4.74 Å². The van der Waals surface area contributed by atoms with Crippen molar-refractivity contribution in [2.45, 2.75) is 123 Å². The van der Waals surface area contributed by atoms with Crippen LogP contribution in [0.4, 0.5) is 4.79 Å². The summed E-state index contributed by atoms with van der Waals surface area (Å²) in [6, 6.07) is 19.5. The summed E-state index contributed by atoms with van der Waals surface area (Å²) < 4.78 is 5.48. The zero-order valence-electron chi connectivity index (χ0n) is 32.0. The number of carbonyl (C=O) groups excluding carboxylic acids is 4. The molecule has 0 spiro atoms. The topological polar surface area (TPSA) is 166 Å². The highest BCUT2D eigenvalue weighted by Crippen LogP contribution is 2.21. The number of alkyl carbamates (subject to hydrolysis) is 1. The van der Waals surface area contributed by atoms with Gasteiger partial charge in [0.05, 0.1) is 31.2 Å². The molecule has 0 bridgehead atoms. The first kappa shape index (κ1) is 42.9. The molecule has 0 aliphatic rings. The Morgan fingerprint density at radius 2 is 1.43 bits per heavy atom. The van der Waals surface area contributed by atoms with Gasteiger partial charge in [0, 0.05) is 6.42 Å². The molecule has 0 fully saturated rings. The molecule has 6 atom stereocenters. The SMILES string of the molecule is CCCCC[C@H](NC(=O)[C@H](Cc1cccc2ccccc12)NC(=O)OCc1ccccc1)C(=O)N[C@@H](CC(C)C)[C@@H](O)CC(=O)N[C@H](CO)[C@@H](C)CC. The average molecular weight is 733 g/mol. The van der Waals surface area contributed by atoms with E-state index in [-0.39, 0.29) is 37.9 Å². The van der Waals surface area contributed by atoms with Crippen LogP contribution in [0.15, 0.2) is 72.8 Å². The summed E-state index contributed by atoms with van der Waals surface area (Å²) in [6.07, 6.45) is 1.80. The largest absolute Gasteiger partial charge is 0.445 e. The summed E-state index contributed by atoms with van der Waals surface area (Å²) in [6.45, 7) is 9.66. The number of amides is 4. The maximum Gasteiger partial charge on any atom is 0.408 e. The molecule has 4 amide bonds. The van der Waals surface area contributed by atoms with Crippen LogP contribution in [0.2, 0.25) is 0 Å². The number of benzene rings is 3. The van der Waals surface area contributed by atoms with Gasteiger partial charge in [-0.1, -0.05) is 133 Å². The van der Waals surface area contributed by atoms with Crippen LogP contribution in [0.3, 0.4) is 0 Å². The van der Waals surface area contributed by atoms with Crippen LogP contribution >= 0.6 is 0 Å². The number of nitrogens with one attached hydrogen (secondary N) is 4. The van der Waals surface area contributed by atoms with Gasteiger partial charge in [-0.15, -0.1) is 0 Å². The molecule has 11 heteroatoms. The normalized spacial score (nSPS) is 14.7. The molecule has 11 nitrogen and oxygen atoms in total. The van der Waals surface area contributed by atoms with Crippen LogP contribution in [0, 0.1) is 11.8 Å². The minimum atomic E-state index is -1.20. The second kappa shape index (κ2) is 22.6. The molecule has 3 aromatic carbocycles. The molecule has 0 aromatic heterocycles. The standard InChI is InChI=1S/C42H60N4O7/c1-6-8-10-22-34(40(50)45-35(23-28(3)4)38(48)25-39(49)43-37(26-47)29(5)7-2)44-41(51)36(46-42(52)53-27-30-16-11-9-12-17-30)24-32-20-15-19-31-18-13-14-21-33(31)32/h9,11-21,28-29,34-38,47-48H,6-8,10,22-27H2,1-5H3,(H,43,49)(H,44,51)(H,45,50)(H,46,52)/t29-,34-,35-,36-,37+,38-/m0/s1. The van der Waals surface area contributed by atoms with Gasteiger partial charge in [-0.05, 0) is 46.6 Å². The Bertz CT molecular complexity index is 1580. The highest BCUT2D eigenvalue weighted by molar-refractivity contribution is 5.92. The maximum atomic E-state index is 14.1. The first-order valence-corrected chi connectivity index (χ1v) is 19.1.